The smallest absolute Gasteiger partial charge is 0.272 e. The zero-order valence-electron chi connectivity index (χ0n) is 19.7. The van der Waals surface area contributed by atoms with Crippen LogP contribution in [0.5, 0.6) is 0 Å². The molecule has 0 bridgehead atoms. The number of para-hydroxylation sites is 1. The number of rotatable bonds is 6. The molecule has 2 saturated heterocycles. The van der Waals surface area contributed by atoms with Gasteiger partial charge in [0.1, 0.15) is 11.5 Å². The first-order valence-electron chi connectivity index (χ1n) is 12.1. The second-order valence-electron chi connectivity index (χ2n) is 9.04. The summed E-state index contributed by atoms with van der Waals surface area (Å²) in [7, 11) is 0. The van der Waals surface area contributed by atoms with E-state index in [1.54, 1.807) is 18.0 Å². The standard InChI is InChI=1S/C26H32N6OS/c1-34-26-28-18-23(32(26)22-9-3-2-4-10-22)25(33)31-13-7-8-21(20-31)19-29-14-16-30(17-15-29)24-11-5-6-12-27-24/h2-6,9-12,18,21H,7-8,13-17,19-20H2,1H3. The molecule has 2 aliphatic rings. The van der Waals surface area contributed by atoms with Crippen LogP contribution in [0.2, 0.25) is 0 Å². The fourth-order valence-corrected chi connectivity index (χ4v) is 5.63. The summed E-state index contributed by atoms with van der Waals surface area (Å²) in [6, 6.07) is 16.1. The second kappa shape index (κ2) is 10.6. The number of amides is 1. The third kappa shape index (κ3) is 4.98. The molecule has 4 heterocycles. The maximum absolute atomic E-state index is 13.6. The Bertz CT molecular complexity index is 1080. The van der Waals surface area contributed by atoms with Gasteiger partial charge in [-0.1, -0.05) is 36.0 Å². The number of pyridine rings is 1. The van der Waals surface area contributed by atoms with Crippen molar-refractivity contribution in [1.82, 2.24) is 24.3 Å². The molecular weight excluding hydrogens is 444 g/mol. The number of hydrogen-bond acceptors (Lipinski definition) is 6. The molecule has 0 N–H and O–H groups in total. The summed E-state index contributed by atoms with van der Waals surface area (Å²) < 4.78 is 1.99. The number of piperazine rings is 1. The summed E-state index contributed by atoms with van der Waals surface area (Å²) >= 11 is 1.56. The fourth-order valence-electron chi connectivity index (χ4n) is 5.08. The summed E-state index contributed by atoms with van der Waals surface area (Å²) in [5.74, 6) is 1.66. The molecule has 0 saturated carbocycles. The highest BCUT2D eigenvalue weighted by Crippen LogP contribution is 2.25. The molecule has 1 aromatic carbocycles. The highest BCUT2D eigenvalue weighted by atomic mass is 32.2. The SMILES string of the molecule is CSc1ncc(C(=O)N2CCCC(CN3CCN(c4ccccn4)CC3)C2)n1-c1ccccc1. The lowest BCUT2D eigenvalue weighted by atomic mass is 9.96. The topological polar surface area (TPSA) is 57.5 Å². The Labute approximate surface area is 205 Å². The number of carbonyl (C=O) groups excluding carboxylic acids is 1. The van der Waals surface area contributed by atoms with E-state index < -0.39 is 0 Å². The molecule has 0 aliphatic carbocycles. The quantitative estimate of drug-likeness (QED) is 0.506. The van der Waals surface area contributed by atoms with Crippen LogP contribution in [0.15, 0.2) is 66.1 Å². The maximum atomic E-state index is 13.6. The Balaban J connectivity index is 1.22. The molecule has 2 aromatic heterocycles. The van der Waals surface area contributed by atoms with Gasteiger partial charge in [0.15, 0.2) is 5.16 Å². The number of imidazole rings is 1. The molecule has 178 valence electrons. The first kappa shape index (κ1) is 22.9. The molecule has 5 rings (SSSR count). The summed E-state index contributed by atoms with van der Waals surface area (Å²) in [5.41, 5.74) is 1.63. The molecule has 2 aliphatic heterocycles. The van der Waals surface area contributed by atoms with Crippen LogP contribution >= 0.6 is 11.8 Å². The Morgan fingerprint density at radius 3 is 2.53 bits per heavy atom. The number of likely N-dealkylation sites (tertiary alicyclic amines) is 1. The van der Waals surface area contributed by atoms with Crippen molar-refractivity contribution in [2.45, 2.75) is 18.0 Å². The van der Waals surface area contributed by atoms with Crippen molar-refractivity contribution in [3.8, 4) is 5.69 Å². The van der Waals surface area contributed by atoms with Gasteiger partial charge in [0.05, 0.1) is 6.20 Å². The first-order valence-corrected chi connectivity index (χ1v) is 13.3. The van der Waals surface area contributed by atoms with E-state index in [1.165, 1.54) is 6.42 Å². The molecule has 1 unspecified atom stereocenters. The third-order valence-electron chi connectivity index (χ3n) is 6.81. The second-order valence-corrected chi connectivity index (χ2v) is 9.81. The van der Waals surface area contributed by atoms with Crippen molar-refractivity contribution in [3.05, 3.63) is 66.6 Å². The van der Waals surface area contributed by atoms with Crippen LogP contribution in [-0.2, 0) is 0 Å². The molecular formula is C26H32N6OS. The summed E-state index contributed by atoms with van der Waals surface area (Å²) in [4.78, 5) is 29.6. The molecule has 0 radical (unpaired) electrons. The van der Waals surface area contributed by atoms with Gasteiger partial charge in [-0.05, 0) is 49.3 Å². The Morgan fingerprint density at radius 2 is 1.79 bits per heavy atom. The average molecular weight is 477 g/mol. The number of anilines is 1. The molecule has 0 spiro atoms. The number of nitrogens with zero attached hydrogens (tertiary/aromatic N) is 6. The predicted molar refractivity (Wildman–Crippen MR) is 137 cm³/mol. The van der Waals surface area contributed by atoms with Gasteiger partial charge < -0.3 is 9.80 Å². The van der Waals surface area contributed by atoms with Crippen molar-refractivity contribution in [2.24, 2.45) is 5.92 Å². The van der Waals surface area contributed by atoms with Gasteiger partial charge >= 0.3 is 0 Å². The van der Waals surface area contributed by atoms with Crippen molar-refractivity contribution in [2.75, 3.05) is 57.0 Å². The largest absolute Gasteiger partial charge is 0.354 e. The molecule has 2 fully saturated rings. The predicted octanol–water partition coefficient (Wildman–Crippen LogP) is 3.66. The van der Waals surface area contributed by atoms with Crippen molar-refractivity contribution < 1.29 is 4.79 Å². The van der Waals surface area contributed by atoms with E-state index in [1.807, 2.05) is 64.4 Å². The van der Waals surface area contributed by atoms with E-state index in [2.05, 4.69) is 25.8 Å². The zero-order chi connectivity index (χ0) is 23.3. The van der Waals surface area contributed by atoms with Crippen LogP contribution in [0, 0.1) is 5.92 Å². The molecule has 7 nitrogen and oxygen atoms in total. The number of hydrogen-bond donors (Lipinski definition) is 0. The van der Waals surface area contributed by atoms with E-state index in [0.29, 0.717) is 11.6 Å². The van der Waals surface area contributed by atoms with Crippen molar-refractivity contribution in [3.63, 3.8) is 0 Å². The number of thioether (sulfide) groups is 1. The van der Waals surface area contributed by atoms with E-state index in [4.69, 9.17) is 0 Å². The van der Waals surface area contributed by atoms with E-state index in [-0.39, 0.29) is 5.91 Å². The molecule has 34 heavy (non-hydrogen) atoms. The van der Waals surface area contributed by atoms with E-state index in [0.717, 1.165) is 68.9 Å². The third-order valence-corrected chi connectivity index (χ3v) is 7.47. The highest BCUT2D eigenvalue weighted by molar-refractivity contribution is 7.98. The minimum absolute atomic E-state index is 0.0846. The summed E-state index contributed by atoms with van der Waals surface area (Å²) in [6.45, 7) is 6.76. The van der Waals surface area contributed by atoms with Crippen LogP contribution in [-0.4, -0.2) is 82.3 Å². The lowest BCUT2D eigenvalue weighted by Gasteiger charge is -2.39. The van der Waals surface area contributed by atoms with Gasteiger partial charge in [-0.2, -0.15) is 0 Å². The van der Waals surface area contributed by atoms with Crippen LogP contribution in [0.25, 0.3) is 5.69 Å². The molecule has 8 heteroatoms. The van der Waals surface area contributed by atoms with Crippen LogP contribution in [0.4, 0.5) is 5.82 Å². The normalized spacial score (nSPS) is 19.4. The van der Waals surface area contributed by atoms with Crippen molar-refractivity contribution >= 4 is 23.5 Å². The van der Waals surface area contributed by atoms with Gasteiger partial charge in [0.25, 0.3) is 5.91 Å². The Hall–Kier alpha value is -2.84. The maximum Gasteiger partial charge on any atom is 0.272 e. The Kier molecular flexibility index (Phi) is 7.16. The van der Waals surface area contributed by atoms with Gasteiger partial charge in [0, 0.05) is 57.7 Å². The number of aromatic nitrogens is 3. The Morgan fingerprint density at radius 1 is 1.00 bits per heavy atom. The van der Waals surface area contributed by atoms with Gasteiger partial charge in [0.2, 0.25) is 0 Å². The monoisotopic (exact) mass is 476 g/mol. The van der Waals surface area contributed by atoms with Crippen molar-refractivity contribution in [1.29, 1.82) is 0 Å². The average Bonchev–Trinajstić information content (AvgIpc) is 3.34. The lowest BCUT2D eigenvalue weighted by Crippen LogP contribution is -2.50. The van der Waals surface area contributed by atoms with Crippen LogP contribution in [0.1, 0.15) is 23.3 Å². The van der Waals surface area contributed by atoms with Gasteiger partial charge in [-0.15, -0.1) is 0 Å². The number of carbonyl (C=O) groups is 1. The molecule has 3 aromatic rings. The first-order chi connectivity index (χ1) is 16.7. The minimum atomic E-state index is 0.0846. The summed E-state index contributed by atoms with van der Waals surface area (Å²) in [5, 5.41) is 0.842. The molecule has 1 atom stereocenters. The number of benzene rings is 1. The van der Waals surface area contributed by atoms with Crippen LogP contribution in [0.3, 0.4) is 0 Å². The van der Waals surface area contributed by atoms with E-state index in [9.17, 15) is 4.79 Å². The van der Waals surface area contributed by atoms with E-state index >= 15 is 0 Å². The minimum Gasteiger partial charge on any atom is -0.354 e. The van der Waals surface area contributed by atoms with Gasteiger partial charge in [-0.3, -0.25) is 14.3 Å². The highest BCUT2D eigenvalue weighted by Gasteiger charge is 2.29. The number of piperidine rings is 1. The molecule has 1 amide bonds. The zero-order valence-corrected chi connectivity index (χ0v) is 20.5. The van der Waals surface area contributed by atoms with Crippen LogP contribution < -0.4 is 4.90 Å². The fraction of sp³-hybridized carbons (Fsp3) is 0.423. The van der Waals surface area contributed by atoms with Gasteiger partial charge in [-0.25, -0.2) is 9.97 Å². The summed E-state index contributed by atoms with van der Waals surface area (Å²) in [6.07, 6.45) is 7.83. The lowest BCUT2D eigenvalue weighted by molar-refractivity contribution is 0.0628.